The molecule has 1 aliphatic carbocycles. The molecule has 0 aliphatic heterocycles. The van der Waals surface area contributed by atoms with Crippen LogP contribution in [0.1, 0.15) is 36.9 Å². The molecular formula is C14H22N2O2S. The number of carbonyl (C=O) groups is 1. The van der Waals surface area contributed by atoms with Gasteiger partial charge in [-0.15, -0.1) is 11.3 Å². The fourth-order valence-corrected chi connectivity index (χ4v) is 3.58. The van der Waals surface area contributed by atoms with Crippen molar-refractivity contribution in [2.75, 3.05) is 7.05 Å². The molecule has 0 bridgehead atoms. The minimum absolute atomic E-state index is 0.128. The standard InChI is InChI=1S/C14H22N2O2S/c1-9-4-5-12(14(17)18)13(6-9)16(3)7-11-8-19-10(2)15-11/h8-9,12-13H,4-7H2,1-3H3,(H,17,18). The average molecular weight is 282 g/mol. The quantitative estimate of drug-likeness (QED) is 0.922. The topological polar surface area (TPSA) is 53.4 Å². The maximum atomic E-state index is 11.4. The second-order valence-electron chi connectivity index (χ2n) is 5.70. The van der Waals surface area contributed by atoms with Crippen LogP contribution in [0.2, 0.25) is 0 Å². The molecule has 1 heterocycles. The zero-order valence-electron chi connectivity index (χ0n) is 11.8. The van der Waals surface area contributed by atoms with Gasteiger partial charge in [-0.3, -0.25) is 9.69 Å². The number of hydrogen-bond donors (Lipinski definition) is 1. The highest BCUT2D eigenvalue weighted by Crippen LogP contribution is 2.32. The third-order valence-electron chi connectivity index (χ3n) is 4.04. The molecule has 0 amide bonds. The molecule has 1 fully saturated rings. The minimum atomic E-state index is -0.654. The van der Waals surface area contributed by atoms with Crippen LogP contribution in [-0.2, 0) is 11.3 Å². The zero-order chi connectivity index (χ0) is 14.0. The fourth-order valence-electron chi connectivity index (χ4n) is 2.98. The Morgan fingerprint density at radius 1 is 1.58 bits per heavy atom. The number of thiazole rings is 1. The summed E-state index contributed by atoms with van der Waals surface area (Å²) in [5.41, 5.74) is 1.05. The van der Waals surface area contributed by atoms with Crippen molar-refractivity contribution >= 4 is 17.3 Å². The molecule has 1 N–H and O–H groups in total. The molecule has 2 rings (SSSR count). The van der Waals surface area contributed by atoms with E-state index < -0.39 is 5.97 Å². The van der Waals surface area contributed by atoms with Crippen LogP contribution in [-0.4, -0.2) is 34.0 Å². The van der Waals surface area contributed by atoms with E-state index in [2.05, 4.69) is 22.2 Å². The van der Waals surface area contributed by atoms with Crippen molar-refractivity contribution in [1.82, 2.24) is 9.88 Å². The van der Waals surface area contributed by atoms with E-state index in [1.807, 2.05) is 14.0 Å². The van der Waals surface area contributed by atoms with Gasteiger partial charge in [0.05, 0.1) is 16.6 Å². The van der Waals surface area contributed by atoms with E-state index in [9.17, 15) is 9.90 Å². The predicted octanol–water partition coefficient (Wildman–Crippen LogP) is 2.77. The van der Waals surface area contributed by atoms with Gasteiger partial charge in [-0.25, -0.2) is 4.98 Å². The van der Waals surface area contributed by atoms with Gasteiger partial charge >= 0.3 is 5.97 Å². The van der Waals surface area contributed by atoms with E-state index in [1.165, 1.54) is 0 Å². The molecule has 3 unspecified atom stereocenters. The Hall–Kier alpha value is -0.940. The highest BCUT2D eigenvalue weighted by Gasteiger charge is 2.36. The second-order valence-corrected chi connectivity index (χ2v) is 6.77. The lowest BCUT2D eigenvalue weighted by atomic mass is 9.78. The summed E-state index contributed by atoms with van der Waals surface area (Å²) in [6, 6.07) is 0.128. The molecule has 0 spiro atoms. The molecule has 5 heteroatoms. The van der Waals surface area contributed by atoms with Crippen molar-refractivity contribution in [3.05, 3.63) is 16.1 Å². The van der Waals surface area contributed by atoms with Crippen LogP contribution in [0.4, 0.5) is 0 Å². The Labute approximate surface area is 118 Å². The number of aliphatic carboxylic acids is 1. The average Bonchev–Trinajstić information content (AvgIpc) is 2.74. The largest absolute Gasteiger partial charge is 0.481 e. The van der Waals surface area contributed by atoms with Crippen LogP contribution >= 0.6 is 11.3 Å². The molecule has 1 saturated carbocycles. The van der Waals surface area contributed by atoms with Gasteiger partial charge in [0.25, 0.3) is 0 Å². The number of hydrogen-bond acceptors (Lipinski definition) is 4. The van der Waals surface area contributed by atoms with E-state index in [0.29, 0.717) is 5.92 Å². The lowest BCUT2D eigenvalue weighted by Crippen LogP contribution is -2.44. The van der Waals surface area contributed by atoms with Gasteiger partial charge in [-0.1, -0.05) is 6.92 Å². The maximum Gasteiger partial charge on any atom is 0.308 e. The zero-order valence-corrected chi connectivity index (χ0v) is 12.6. The molecule has 0 radical (unpaired) electrons. The summed E-state index contributed by atoms with van der Waals surface area (Å²) in [4.78, 5) is 18.0. The van der Waals surface area contributed by atoms with Crippen molar-refractivity contribution in [3.63, 3.8) is 0 Å². The molecule has 1 aromatic rings. The fraction of sp³-hybridized carbons (Fsp3) is 0.714. The van der Waals surface area contributed by atoms with Gasteiger partial charge in [0.2, 0.25) is 0 Å². The predicted molar refractivity (Wildman–Crippen MR) is 76.2 cm³/mol. The van der Waals surface area contributed by atoms with E-state index in [4.69, 9.17) is 0 Å². The Balaban J connectivity index is 2.05. The third-order valence-corrected chi connectivity index (χ3v) is 4.86. The van der Waals surface area contributed by atoms with Gasteiger partial charge in [0, 0.05) is 18.0 Å². The van der Waals surface area contributed by atoms with Crippen molar-refractivity contribution in [2.24, 2.45) is 11.8 Å². The number of carboxylic acid groups (broad SMARTS) is 1. The Morgan fingerprint density at radius 2 is 2.32 bits per heavy atom. The van der Waals surface area contributed by atoms with Gasteiger partial charge < -0.3 is 5.11 Å². The first-order valence-electron chi connectivity index (χ1n) is 6.81. The van der Waals surface area contributed by atoms with Crippen LogP contribution in [0, 0.1) is 18.8 Å². The molecular weight excluding hydrogens is 260 g/mol. The molecule has 106 valence electrons. The number of aromatic nitrogens is 1. The first-order chi connectivity index (χ1) is 8.97. The van der Waals surface area contributed by atoms with Gasteiger partial charge in [-0.05, 0) is 39.2 Å². The number of carboxylic acids is 1. The molecule has 4 nitrogen and oxygen atoms in total. The number of rotatable bonds is 4. The first kappa shape index (κ1) is 14.5. The smallest absolute Gasteiger partial charge is 0.308 e. The summed E-state index contributed by atoms with van der Waals surface area (Å²) in [7, 11) is 2.02. The van der Waals surface area contributed by atoms with Gasteiger partial charge in [0.15, 0.2) is 0 Å². The Kier molecular flexibility index (Phi) is 4.58. The highest BCUT2D eigenvalue weighted by atomic mass is 32.1. The summed E-state index contributed by atoms with van der Waals surface area (Å²) in [6.07, 6.45) is 2.79. The van der Waals surface area contributed by atoms with E-state index >= 15 is 0 Å². The van der Waals surface area contributed by atoms with Crippen LogP contribution < -0.4 is 0 Å². The van der Waals surface area contributed by atoms with Crippen molar-refractivity contribution < 1.29 is 9.90 Å². The molecule has 19 heavy (non-hydrogen) atoms. The molecule has 1 aromatic heterocycles. The minimum Gasteiger partial charge on any atom is -0.481 e. The van der Waals surface area contributed by atoms with Crippen LogP contribution in [0.15, 0.2) is 5.38 Å². The molecule has 3 atom stereocenters. The Bertz CT molecular complexity index is 446. The summed E-state index contributed by atoms with van der Waals surface area (Å²) in [6.45, 7) is 4.95. The highest BCUT2D eigenvalue weighted by molar-refractivity contribution is 7.09. The lowest BCUT2D eigenvalue weighted by molar-refractivity contribution is -0.146. The second kappa shape index (κ2) is 6.01. The summed E-state index contributed by atoms with van der Waals surface area (Å²) in [5.74, 6) is -0.278. The van der Waals surface area contributed by atoms with E-state index in [0.717, 1.165) is 36.5 Å². The maximum absolute atomic E-state index is 11.4. The molecule has 0 aromatic carbocycles. The lowest BCUT2D eigenvalue weighted by Gasteiger charge is -2.38. The monoisotopic (exact) mass is 282 g/mol. The normalized spacial score (nSPS) is 27.7. The SMILES string of the molecule is Cc1nc(CN(C)C2CC(C)CCC2C(=O)O)cs1. The van der Waals surface area contributed by atoms with Crippen molar-refractivity contribution in [2.45, 2.75) is 45.7 Å². The van der Waals surface area contributed by atoms with Crippen LogP contribution in [0.5, 0.6) is 0 Å². The third kappa shape index (κ3) is 3.54. The van der Waals surface area contributed by atoms with Gasteiger partial charge in [-0.2, -0.15) is 0 Å². The van der Waals surface area contributed by atoms with Crippen molar-refractivity contribution in [1.29, 1.82) is 0 Å². The number of nitrogens with zero attached hydrogens (tertiary/aromatic N) is 2. The molecule has 0 saturated heterocycles. The Morgan fingerprint density at radius 3 is 2.89 bits per heavy atom. The first-order valence-corrected chi connectivity index (χ1v) is 7.69. The summed E-state index contributed by atoms with van der Waals surface area (Å²) < 4.78 is 0. The van der Waals surface area contributed by atoms with E-state index in [1.54, 1.807) is 11.3 Å². The van der Waals surface area contributed by atoms with E-state index in [-0.39, 0.29) is 12.0 Å². The summed E-state index contributed by atoms with van der Waals surface area (Å²) in [5, 5.41) is 12.5. The molecule has 1 aliphatic rings. The van der Waals surface area contributed by atoms with Gasteiger partial charge in [0.1, 0.15) is 0 Å². The van der Waals surface area contributed by atoms with Crippen LogP contribution in [0.25, 0.3) is 0 Å². The van der Waals surface area contributed by atoms with Crippen LogP contribution in [0.3, 0.4) is 0 Å². The summed E-state index contributed by atoms with van der Waals surface area (Å²) >= 11 is 1.65. The number of aryl methyl sites for hydroxylation is 1. The van der Waals surface area contributed by atoms with Crippen molar-refractivity contribution in [3.8, 4) is 0 Å².